The van der Waals surface area contributed by atoms with Crippen LogP contribution in [-0.4, -0.2) is 28.8 Å². The molecule has 2 heterocycles. The SMILES string of the molecule is COCC(N)c1nc(Cc2ccccn2)no1. The van der Waals surface area contributed by atoms with Crippen LogP contribution in [0.15, 0.2) is 28.9 Å². The van der Waals surface area contributed by atoms with Crippen molar-refractivity contribution in [2.45, 2.75) is 12.5 Å². The number of hydrogen-bond donors (Lipinski definition) is 1. The molecule has 0 aliphatic heterocycles. The molecule has 0 bridgehead atoms. The number of nitrogens with two attached hydrogens (primary N) is 1. The zero-order valence-electron chi connectivity index (χ0n) is 9.54. The summed E-state index contributed by atoms with van der Waals surface area (Å²) >= 11 is 0. The molecule has 0 saturated carbocycles. The molecule has 2 N–H and O–H groups in total. The maximum Gasteiger partial charge on any atom is 0.245 e. The summed E-state index contributed by atoms with van der Waals surface area (Å²) in [5.41, 5.74) is 6.66. The van der Waals surface area contributed by atoms with E-state index in [4.69, 9.17) is 15.0 Å². The second kappa shape index (κ2) is 5.51. The Hall–Kier alpha value is -1.79. The Kier molecular flexibility index (Phi) is 3.79. The highest BCUT2D eigenvalue weighted by molar-refractivity contribution is 5.09. The van der Waals surface area contributed by atoms with Gasteiger partial charge in [-0.25, -0.2) is 0 Å². The van der Waals surface area contributed by atoms with Gasteiger partial charge in [-0.2, -0.15) is 4.98 Å². The molecule has 2 aromatic rings. The van der Waals surface area contributed by atoms with E-state index in [2.05, 4.69) is 15.1 Å². The van der Waals surface area contributed by atoms with Crippen molar-refractivity contribution >= 4 is 0 Å². The van der Waals surface area contributed by atoms with Crippen LogP contribution in [0.2, 0.25) is 0 Å². The lowest BCUT2D eigenvalue weighted by Gasteiger charge is -2.02. The fourth-order valence-corrected chi connectivity index (χ4v) is 1.41. The summed E-state index contributed by atoms with van der Waals surface area (Å²) < 4.78 is 9.98. The van der Waals surface area contributed by atoms with Crippen LogP contribution < -0.4 is 5.73 Å². The number of ether oxygens (including phenoxy) is 1. The zero-order valence-corrected chi connectivity index (χ0v) is 9.54. The number of nitrogens with zero attached hydrogens (tertiary/aromatic N) is 3. The van der Waals surface area contributed by atoms with E-state index in [1.54, 1.807) is 13.3 Å². The van der Waals surface area contributed by atoms with E-state index in [0.717, 1.165) is 5.69 Å². The highest BCUT2D eigenvalue weighted by Gasteiger charge is 2.14. The van der Waals surface area contributed by atoms with Crippen molar-refractivity contribution in [3.8, 4) is 0 Å². The topological polar surface area (TPSA) is 87.1 Å². The van der Waals surface area contributed by atoms with Crippen molar-refractivity contribution in [2.75, 3.05) is 13.7 Å². The Morgan fingerprint density at radius 3 is 3.06 bits per heavy atom. The third-order valence-electron chi connectivity index (χ3n) is 2.21. The molecule has 1 atom stereocenters. The zero-order chi connectivity index (χ0) is 12.1. The molecule has 0 aromatic carbocycles. The highest BCUT2D eigenvalue weighted by Crippen LogP contribution is 2.09. The van der Waals surface area contributed by atoms with Gasteiger partial charge in [0.15, 0.2) is 5.82 Å². The lowest BCUT2D eigenvalue weighted by molar-refractivity contribution is 0.166. The molecule has 2 rings (SSSR count). The molecule has 0 aliphatic carbocycles. The summed E-state index contributed by atoms with van der Waals surface area (Å²) in [5.74, 6) is 0.961. The molecule has 90 valence electrons. The highest BCUT2D eigenvalue weighted by atomic mass is 16.5. The lowest BCUT2D eigenvalue weighted by Crippen LogP contribution is -2.16. The smallest absolute Gasteiger partial charge is 0.245 e. The van der Waals surface area contributed by atoms with E-state index in [1.807, 2.05) is 18.2 Å². The van der Waals surface area contributed by atoms with Gasteiger partial charge in [0.05, 0.1) is 13.0 Å². The van der Waals surface area contributed by atoms with Crippen LogP contribution in [0, 0.1) is 0 Å². The van der Waals surface area contributed by atoms with E-state index in [-0.39, 0.29) is 6.04 Å². The molecule has 0 radical (unpaired) electrons. The van der Waals surface area contributed by atoms with Crippen LogP contribution in [0.25, 0.3) is 0 Å². The van der Waals surface area contributed by atoms with Gasteiger partial charge in [-0.05, 0) is 12.1 Å². The Morgan fingerprint density at radius 2 is 2.35 bits per heavy atom. The van der Waals surface area contributed by atoms with Gasteiger partial charge in [-0.1, -0.05) is 11.2 Å². The van der Waals surface area contributed by atoms with Crippen molar-refractivity contribution in [1.82, 2.24) is 15.1 Å². The van der Waals surface area contributed by atoms with Gasteiger partial charge in [0.2, 0.25) is 5.89 Å². The molecular weight excluding hydrogens is 220 g/mol. The lowest BCUT2D eigenvalue weighted by atomic mass is 10.2. The number of rotatable bonds is 5. The third kappa shape index (κ3) is 3.08. The molecule has 0 spiro atoms. The monoisotopic (exact) mass is 234 g/mol. The molecule has 6 heteroatoms. The van der Waals surface area contributed by atoms with Gasteiger partial charge < -0.3 is 15.0 Å². The van der Waals surface area contributed by atoms with Crippen LogP contribution >= 0.6 is 0 Å². The molecule has 6 nitrogen and oxygen atoms in total. The van der Waals surface area contributed by atoms with Gasteiger partial charge in [0.1, 0.15) is 6.04 Å². The molecule has 1 unspecified atom stereocenters. The third-order valence-corrected chi connectivity index (χ3v) is 2.21. The van der Waals surface area contributed by atoms with E-state index >= 15 is 0 Å². The van der Waals surface area contributed by atoms with Gasteiger partial charge in [-0.3, -0.25) is 4.98 Å². The predicted molar refractivity (Wildman–Crippen MR) is 60.1 cm³/mol. The van der Waals surface area contributed by atoms with Crippen LogP contribution in [0.5, 0.6) is 0 Å². The second-order valence-corrected chi connectivity index (χ2v) is 3.61. The molecule has 0 amide bonds. The average Bonchev–Trinajstić information content (AvgIpc) is 2.79. The predicted octanol–water partition coefficient (Wildman–Crippen LogP) is 0.702. The maximum atomic E-state index is 5.78. The first-order valence-electron chi connectivity index (χ1n) is 5.26. The summed E-state index contributed by atoms with van der Waals surface area (Å²) in [6, 6.07) is 5.30. The summed E-state index contributed by atoms with van der Waals surface area (Å²) in [5, 5.41) is 3.85. The van der Waals surface area contributed by atoms with Gasteiger partial charge in [-0.15, -0.1) is 0 Å². The van der Waals surface area contributed by atoms with Crippen molar-refractivity contribution in [3.05, 3.63) is 41.8 Å². The first-order chi connectivity index (χ1) is 8.29. The number of pyridine rings is 1. The van der Waals surface area contributed by atoms with E-state index in [0.29, 0.717) is 24.7 Å². The molecule has 0 fully saturated rings. The Labute approximate surface area is 98.8 Å². The standard InChI is InChI=1S/C11H14N4O2/c1-16-7-9(12)11-14-10(15-17-11)6-8-4-2-3-5-13-8/h2-5,9H,6-7,12H2,1H3. The van der Waals surface area contributed by atoms with Crippen molar-refractivity contribution in [1.29, 1.82) is 0 Å². The minimum Gasteiger partial charge on any atom is -0.383 e. The quantitative estimate of drug-likeness (QED) is 0.819. The second-order valence-electron chi connectivity index (χ2n) is 3.61. The van der Waals surface area contributed by atoms with Crippen LogP contribution in [0.4, 0.5) is 0 Å². The summed E-state index contributed by atoms with van der Waals surface area (Å²) in [4.78, 5) is 8.39. The van der Waals surface area contributed by atoms with E-state index in [1.165, 1.54) is 0 Å². The largest absolute Gasteiger partial charge is 0.383 e. The molecule has 0 saturated heterocycles. The molecule has 17 heavy (non-hydrogen) atoms. The number of methoxy groups -OCH3 is 1. The maximum absolute atomic E-state index is 5.78. The minimum absolute atomic E-state index is 0.352. The normalized spacial score (nSPS) is 12.6. The fraction of sp³-hybridized carbons (Fsp3) is 0.364. The molecule has 0 aliphatic rings. The first-order valence-corrected chi connectivity index (χ1v) is 5.26. The minimum atomic E-state index is -0.384. The summed E-state index contributed by atoms with van der Waals surface area (Å²) in [6.07, 6.45) is 2.26. The van der Waals surface area contributed by atoms with Gasteiger partial charge in [0.25, 0.3) is 0 Å². The first kappa shape index (κ1) is 11.7. The number of aromatic nitrogens is 3. The van der Waals surface area contributed by atoms with Crippen molar-refractivity contribution in [2.24, 2.45) is 5.73 Å². The van der Waals surface area contributed by atoms with E-state index < -0.39 is 0 Å². The van der Waals surface area contributed by atoms with E-state index in [9.17, 15) is 0 Å². The van der Waals surface area contributed by atoms with Crippen LogP contribution in [-0.2, 0) is 11.2 Å². The summed E-state index contributed by atoms with van der Waals surface area (Å²) in [7, 11) is 1.57. The molecule has 2 aromatic heterocycles. The van der Waals surface area contributed by atoms with Crippen molar-refractivity contribution < 1.29 is 9.26 Å². The van der Waals surface area contributed by atoms with Crippen LogP contribution in [0.3, 0.4) is 0 Å². The summed E-state index contributed by atoms with van der Waals surface area (Å²) in [6.45, 7) is 0.352. The Balaban J connectivity index is 2.04. The Bertz CT molecular complexity index is 458. The van der Waals surface area contributed by atoms with Crippen molar-refractivity contribution in [3.63, 3.8) is 0 Å². The van der Waals surface area contributed by atoms with Gasteiger partial charge in [0, 0.05) is 19.0 Å². The average molecular weight is 234 g/mol. The van der Waals surface area contributed by atoms with Crippen LogP contribution in [0.1, 0.15) is 23.5 Å². The van der Waals surface area contributed by atoms with Gasteiger partial charge >= 0.3 is 0 Å². The molecular formula is C11H14N4O2. The Morgan fingerprint density at radius 1 is 1.47 bits per heavy atom. The fourth-order valence-electron chi connectivity index (χ4n) is 1.41. The number of hydrogen-bond acceptors (Lipinski definition) is 6.